The Morgan fingerprint density at radius 2 is 2.29 bits per heavy atom. The summed E-state index contributed by atoms with van der Waals surface area (Å²) in [6.07, 6.45) is 1.79. The van der Waals surface area contributed by atoms with Crippen molar-refractivity contribution in [3.05, 3.63) is 27.2 Å². The van der Waals surface area contributed by atoms with E-state index >= 15 is 0 Å². The number of halogens is 1. The van der Waals surface area contributed by atoms with Crippen LogP contribution >= 0.6 is 15.9 Å². The van der Waals surface area contributed by atoms with Gasteiger partial charge in [-0.2, -0.15) is 5.10 Å². The fourth-order valence-electron chi connectivity index (χ4n) is 1.44. The summed E-state index contributed by atoms with van der Waals surface area (Å²) in [4.78, 5) is 11.8. The first-order chi connectivity index (χ1) is 6.65. The van der Waals surface area contributed by atoms with E-state index < -0.39 is 0 Å². The third-order valence-electron chi connectivity index (χ3n) is 2.24. The quantitative estimate of drug-likeness (QED) is 0.776. The third-order valence-corrected chi connectivity index (χ3v) is 3.18. The number of pyridine rings is 1. The molecule has 2 aromatic rings. The highest BCUT2D eigenvalue weighted by Crippen LogP contribution is 2.19. The van der Waals surface area contributed by atoms with E-state index in [0.717, 1.165) is 9.99 Å². The topological polar surface area (TPSA) is 39.8 Å². The van der Waals surface area contributed by atoms with Gasteiger partial charge in [0, 0.05) is 25.2 Å². The molecule has 2 aromatic heterocycles. The van der Waals surface area contributed by atoms with E-state index in [1.807, 2.05) is 13.0 Å². The van der Waals surface area contributed by atoms with Gasteiger partial charge in [-0.1, -0.05) is 0 Å². The Hall–Kier alpha value is -1.10. The second kappa shape index (κ2) is 3.24. The van der Waals surface area contributed by atoms with Gasteiger partial charge in [0.2, 0.25) is 0 Å². The molecule has 0 aliphatic rings. The Morgan fingerprint density at radius 3 is 2.93 bits per heavy atom. The molecule has 0 aliphatic heterocycles. The lowest BCUT2D eigenvalue weighted by Gasteiger charge is -1.98. The smallest absolute Gasteiger partial charge is 0.278 e. The third kappa shape index (κ3) is 1.19. The predicted molar refractivity (Wildman–Crippen MR) is 58.3 cm³/mol. The monoisotopic (exact) mass is 255 g/mol. The van der Waals surface area contributed by atoms with Gasteiger partial charge in [0.15, 0.2) is 5.52 Å². The normalized spacial score (nSPS) is 11.1. The van der Waals surface area contributed by atoms with Gasteiger partial charge in [-0.05, 0) is 28.9 Å². The van der Waals surface area contributed by atoms with Gasteiger partial charge in [0.25, 0.3) is 5.56 Å². The Labute approximate surface area is 89.3 Å². The maximum absolute atomic E-state index is 11.8. The lowest BCUT2D eigenvalue weighted by Crippen LogP contribution is -2.18. The molecule has 0 aliphatic carbocycles. The molecular formula is C9H10BrN3O. The average Bonchev–Trinajstić information content (AvgIpc) is 2.46. The molecule has 74 valence electrons. The summed E-state index contributed by atoms with van der Waals surface area (Å²) in [6.45, 7) is 2.61. The van der Waals surface area contributed by atoms with E-state index in [0.29, 0.717) is 12.1 Å². The van der Waals surface area contributed by atoms with Crippen molar-refractivity contribution < 1.29 is 0 Å². The number of hydrogen-bond acceptors (Lipinski definition) is 2. The molecule has 0 spiro atoms. The summed E-state index contributed by atoms with van der Waals surface area (Å²) in [5.74, 6) is 0. The van der Waals surface area contributed by atoms with Crippen LogP contribution in [0.1, 0.15) is 6.92 Å². The number of hydrogen-bond donors (Lipinski definition) is 0. The zero-order chi connectivity index (χ0) is 10.3. The van der Waals surface area contributed by atoms with Gasteiger partial charge in [-0.3, -0.25) is 9.48 Å². The summed E-state index contributed by atoms with van der Waals surface area (Å²) in [5, 5.41) is 5.02. The standard InChI is InChI=1S/C9H10BrN3O/c1-3-13-5-4-6-7(9(13)14)11-12(2)8(6)10/h4-5H,3H2,1-2H3. The molecule has 0 unspecified atom stereocenters. The summed E-state index contributed by atoms with van der Waals surface area (Å²) in [6, 6.07) is 1.90. The van der Waals surface area contributed by atoms with Crippen molar-refractivity contribution in [2.45, 2.75) is 13.5 Å². The van der Waals surface area contributed by atoms with Crippen LogP contribution in [0.4, 0.5) is 0 Å². The number of aryl methyl sites for hydroxylation is 2. The Kier molecular flexibility index (Phi) is 2.19. The van der Waals surface area contributed by atoms with Crippen LogP contribution in [0.3, 0.4) is 0 Å². The van der Waals surface area contributed by atoms with Crippen molar-refractivity contribution in [1.82, 2.24) is 14.3 Å². The molecular weight excluding hydrogens is 246 g/mol. The lowest BCUT2D eigenvalue weighted by molar-refractivity contribution is 0.725. The van der Waals surface area contributed by atoms with E-state index in [2.05, 4.69) is 21.0 Å². The highest BCUT2D eigenvalue weighted by Gasteiger charge is 2.10. The second-order valence-electron chi connectivity index (χ2n) is 3.08. The molecule has 0 amide bonds. The van der Waals surface area contributed by atoms with E-state index in [1.165, 1.54) is 0 Å². The number of nitrogens with zero attached hydrogens (tertiary/aromatic N) is 3. The van der Waals surface area contributed by atoms with Crippen molar-refractivity contribution in [3.8, 4) is 0 Å². The van der Waals surface area contributed by atoms with Crippen LogP contribution in [-0.4, -0.2) is 14.3 Å². The van der Waals surface area contributed by atoms with E-state index in [1.54, 1.807) is 22.5 Å². The van der Waals surface area contributed by atoms with Gasteiger partial charge in [-0.15, -0.1) is 0 Å². The molecule has 0 aromatic carbocycles. The average molecular weight is 256 g/mol. The molecule has 4 nitrogen and oxygen atoms in total. The van der Waals surface area contributed by atoms with E-state index in [9.17, 15) is 4.79 Å². The molecule has 5 heteroatoms. The van der Waals surface area contributed by atoms with Gasteiger partial charge >= 0.3 is 0 Å². The first-order valence-electron chi connectivity index (χ1n) is 4.36. The summed E-state index contributed by atoms with van der Waals surface area (Å²) < 4.78 is 4.14. The maximum atomic E-state index is 11.8. The van der Waals surface area contributed by atoms with Crippen LogP contribution in [0.15, 0.2) is 21.7 Å². The van der Waals surface area contributed by atoms with Crippen LogP contribution in [-0.2, 0) is 13.6 Å². The number of aromatic nitrogens is 3. The van der Waals surface area contributed by atoms with E-state index in [-0.39, 0.29) is 5.56 Å². The molecule has 0 saturated carbocycles. The highest BCUT2D eigenvalue weighted by atomic mass is 79.9. The largest absolute Gasteiger partial charge is 0.314 e. The lowest BCUT2D eigenvalue weighted by atomic mass is 10.3. The Morgan fingerprint density at radius 1 is 1.57 bits per heavy atom. The molecule has 0 fully saturated rings. The molecule has 0 N–H and O–H groups in total. The summed E-state index contributed by atoms with van der Waals surface area (Å²) >= 11 is 3.38. The van der Waals surface area contributed by atoms with Crippen molar-refractivity contribution in [2.75, 3.05) is 0 Å². The van der Waals surface area contributed by atoms with Gasteiger partial charge in [0.1, 0.15) is 4.60 Å². The van der Waals surface area contributed by atoms with Crippen LogP contribution in [0.25, 0.3) is 10.9 Å². The molecule has 0 bridgehead atoms. The number of fused-ring (bicyclic) bond motifs is 1. The molecule has 0 radical (unpaired) electrons. The van der Waals surface area contributed by atoms with Crippen molar-refractivity contribution >= 4 is 26.8 Å². The molecule has 2 rings (SSSR count). The first kappa shape index (κ1) is 9.45. The van der Waals surface area contributed by atoms with Gasteiger partial charge in [0.05, 0.1) is 0 Å². The second-order valence-corrected chi connectivity index (χ2v) is 3.83. The highest BCUT2D eigenvalue weighted by molar-refractivity contribution is 9.10. The zero-order valence-corrected chi connectivity index (χ0v) is 9.58. The molecule has 0 atom stereocenters. The summed E-state index contributed by atoms with van der Waals surface area (Å²) in [7, 11) is 1.81. The molecule has 14 heavy (non-hydrogen) atoms. The minimum absolute atomic E-state index is 0.0358. The minimum Gasteiger partial charge on any atom is -0.314 e. The predicted octanol–water partition coefficient (Wildman–Crippen LogP) is 1.52. The molecule has 0 saturated heterocycles. The first-order valence-corrected chi connectivity index (χ1v) is 5.16. The van der Waals surface area contributed by atoms with Crippen LogP contribution in [0.2, 0.25) is 0 Å². The van der Waals surface area contributed by atoms with Crippen LogP contribution in [0, 0.1) is 0 Å². The van der Waals surface area contributed by atoms with Crippen molar-refractivity contribution in [2.24, 2.45) is 7.05 Å². The maximum Gasteiger partial charge on any atom is 0.278 e. The molecule has 2 heterocycles. The van der Waals surface area contributed by atoms with Crippen LogP contribution in [0.5, 0.6) is 0 Å². The van der Waals surface area contributed by atoms with Crippen molar-refractivity contribution in [1.29, 1.82) is 0 Å². The number of rotatable bonds is 1. The van der Waals surface area contributed by atoms with Gasteiger partial charge in [-0.25, -0.2) is 0 Å². The van der Waals surface area contributed by atoms with Crippen LogP contribution < -0.4 is 5.56 Å². The fraction of sp³-hybridized carbons (Fsp3) is 0.333. The SMILES string of the molecule is CCn1ccc2c(Br)n(C)nc2c1=O. The van der Waals surface area contributed by atoms with E-state index in [4.69, 9.17) is 0 Å². The minimum atomic E-state index is -0.0358. The Balaban J connectivity index is 2.91. The van der Waals surface area contributed by atoms with Crippen molar-refractivity contribution in [3.63, 3.8) is 0 Å². The Bertz CT molecular complexity index is 541. The van der Waals surface area contributed by atoms with Gasteiger partial charge < -0.3 is 4.57 Å². The summed E-state index contributed by atoms with van der Waals surface area (Å²) in [5.41, 5.74) is 0.482. The fourth-order valence-corrected chi connectivity index (χ4v) is 1.84. The zero-order valence-electron chi connectivity index (χ0n) is 7.99.